The summed E-state index contributed by atoms with van der Waals surface area (Å²) in [4.78, 5) is 32.2. The molecule has 0 saturated heterocycles. The highest BCUT2D eigenvalue weighted by atomic mass is 16.3. The van der Waals surface area contributed by atoms with Crippen molar-refractivity contribution in [3.63, 3.8) is 0 Å². The van der Waals surface area contributed by atoms with Gasteiger partial charge in [0.2, 0.25) is 0 Å². The van der Waals surface area contributed by atoms with Gasteiger partial charge in [0.05, 0.1) is 12.0 Å². The Morgan fingerprint density at radius 1 is 0.912 bits per heavy atom. The van der Waals surface area contributed by atoms with Crippen molar-refractivity contribution in [3.8, 4) is 0 Å². The van der Waals surface area contributed by atoms with E-state index in [2.05, 4.69) is 10.3 Å². The number of hydrogen-bond acceptors (Lipinski definition) is 4. The summed E-state index contributed by atoms with van der Waals surface area (Å²) in [5, 5.41) is 2.89. The van der Waals surface area contributed by atoms with E-state index in [0.717, 1.165) is 16.8 Å². The summed E-state index contributed by atoms with van der Waals surface area (Å²) in [6.45, 7) is 1.99. The van der Waals surface area contributed by atoms with E-state index in [1.54, 1.807) is 53.6 Å². The normalized spacial score (nSPS) is 14.4. The van der Waals surface area contributed by atoms with Crippen LogP contribution in [0, 0.1) is 6.92 Å². The van der Waals surface area contributed by atoms with Crippen LogP contribution < -0.4 is 10.2 Å². The Hall–Kier alpha value is -4.71. The third kappa shape index (κ3) is 4.29. The van der Waals surface area contributed by atoms with Crippen LogP contribution in [0.1, 0.15) is 27.2 Å². The number of furan rings is 1. The zero-order valence-electron chi connectivity index (χ0n) is 18.4. The molecule has 6 heteroatoms. The van der Waals surface area contributed by atoms with Gasteiger partial charge < -0.3 is 9.73 Å². The molecule has 0 atom stereocenters. The van der Waals surface area contributed by atoms with E-state index in [-0.39, 0.29) is 17.5 Å². The smallest absolute Gasteiger partial charge is 0.282 e. The van der Waals surface area contributed by atoms with Crippen molar-refractivity contribution in [3.05, 3.63) is 125 Å². The quantitative estimate of drug-likeness (QED) is 0.400. The zero-order chi connectivity index (χ0) is 23.5. The van der Waals surface area contributed by atoms with Gasteiger partial charge in [-0.05, 0) is 55.5 Å². The lowest BCUT2D eigenvalue weighted by Crippen LogP contribution is -2.32. The van der Waals surface area contributed by atoms with Gasteiger partial charge >= 0.3 is 0 Å². The summed E-state index contributed by atoms with van der Waals surface area (Å²) < 4.78 is 5.36. The number of benzene rings is 3. The SMILES string of the molecule is Cc1ccc(NC(=O)c2ccc(N3C(=O)/C(=C/c4ccco4)N=C3c3ccccc3)cc2)cc1. The average Bonchev–Trinajstić information content (AvgIpc) is 3.49. The van der Waals surface area contributed by atoms with Crippen molar-refractivity contribution in [2.75, 3.05) is 10.2 Å². The highest BCUT2D eigenvalue weighted by Gasteiger charge is 2.32. The summed E-state index contributed by atoms with van der Waals surface area (Å²) in [5.74, 6) is 0.565. The maximum atomic E-state index is 13.3. The Bertz CT molecular complexity index is 1390. The van der Waals surface area contributed by atoms with Gasteiger partial charge in [0, 0.05) is 22.9 Å². The first-order chi connectivity index (χ1) is 16.6. The summed E-state index contributed by atoms with van der Waals surface area (Å²) in [7, 11) is 0. The van der Waals surface area contributed by atoms with Crippen LogP contribution >= 0.6 is 0 Å². The van der Waals surface area contributed by atoms with Crippen molar-refractivity contribution in [1.82, 2.24) is 0 Å². The molecular weight excluding hydrogens is 426 g/mol. The molecule has 0 radical (unpaired) electrons. The number of aryl methyl sites for hydroxylation is 1. The minimum Gasteiger partial charge on any atom is -0.465 e. The lowest BCUT2D eigenvalue weighted by Gasteiger charge is -2.19. The molecule has 2 heterocycles. The van der Waals surface area contributed by atoms with Crippen molar-refractivity contribution in [1.29, 1.82) is 0 Å². The van der Waals surface area contributed by atoms with Crippen LogP contribution in [-0.2, 0) is 4.79 Å². The maximum Gasteiger partial charge on any atom is 0.282 e. The van der Waals surface area contributed by atoms with Crippen molar-refractivity contribution >= 4 is 35.1 Å². The molecule has 1 aromatic heterocycles. The van der Waals surface area contributed by atoms with Crippen LogP contribution in [0.5, 0.6) is 0 Å². The largest absolute Gasteiger partial charge is 0.465 e. The molecule has 1 aliphatic rings. The third-order valence-electron chi connectivity index (χ3n) is 5.41. The summed E-state index contributed by atoms with van der Waals surface area (Å²) in [6, 6.07) is 27.5. The van der Waals surface area contributed by atoms with Gasteiger partial charge in [-0.25, -0.2) is 4.99 Å². The number of carbonyl (C=O) groups excluding carboxylic acids is 2. The minimum absolute atomic E-state index is 0.224. The summed E-state index contributed by atoms with van der Waals surface area (Å²) in [6.07, 6.45) is 3.17. The fraction of sp³-hybridized carbons (Fsp3) is 0.0357. The number of hydrogen-bond donors (Lipinski definition) is 1. The standard InChI is InChI=1S/C28H21N3O3/c1-19-9-13-22(14-10-19)29-27(32)21-11-15-23(16-12-21)31-26(20-6-3-2-4-7-20)30-25(28(31)33)18-24-8-5-17-34-24/h2-18H,1H3,(H,29,32)/b25-18-. The maximum absolute atomic E-state index is 13.3. The number of amides is 2. The van der Waals surface area contributed by atoms with Gasteiger partial charge in [0.1, 0.15) is 17.3 Å². The molecule has 6 nitrogen and oxygen atoms in total. The number of nitrogens with zero attached hydrogens (tertiary/aromatic N) is 2. The molecule has 0 bridgehead atoms. The van der Waals surface area contributed by atoms with Gasteiger partial charge in [-0.2, -0.15) is 0 Å². The van der Waals surface area contributed by atoms with E-state index in [9.17, 15) is 9.59 Å². The molecule has 34 heavy (non-hydrogen) atoms. The van der Waals surface area contributed by atoms with Crippen LogP contribution in [0.2, 0.25) is 0 Å². The predicted octanol–water partition coefficient (Wildman–Crippen LogP) is 5.67. The molecule has 0 spiro atoms. The first-order valence-electron chi connectivity index (χ1n) is 10.8. The Morgan fingerprint density at radius 3 is 2.32 bits per heavy atom. The van der Waals surface area contributed by atoms with E-state index in [4.69, 9.17) is 4.42 Å². The monoisotopic (exact) mass is 447 g/mol. The van der Waals surface area contributed by atoms with Crippen molar-refractivity contribution in [2.24, 2.45) is 4.99 Å². The van der Waals surface area contributed by atoms with Crippen LogP contribution in [-0.4, -0.2) is 17.6 Å². The minimum atomic E-state index is -0.271. The van der Waals surface area contributed by atoms with Gasteiger partial charge in [-0.3, -0.25) is 14.5 Å². The first kappa shape index (κ1) is 21.2. The lowest BCUT2D eigenvalue weighted by molar-refractivity contribution is -0.113. The van der Waals surface area contributed by atoms with E-state index >= 15 is 0 Å². The number of anilines is 2. The van der Waals surface area contributed by atoms with E-state index in [1.165, 1.54) is 0 Å². The highest BCUT2D eigenvalue weighted by Crippen LogP contribution is 2.28. The fourth-order valence-electron chi connectivity index (χ4n) is 3.65. The van der Waals surface area contributed by atoms with Crippen LogP contribution in [0.3, 0.4) is 0 Å². The molecule has 0 saturated carbocycles. The van der Waals surface area contributed by atoms with Crippen LogP contribution in [0.25, 0.3) is 6.08 Å². The molecule has 166 valence electrons. The van der Waals surface area contributed by atoms with Gasteiger partial charge in [-0.15, -0.1) is 0 Å². The number of nitrogens with one attached hydrogen (secondary N) is 1. The van der Waals surface area contributed by atoms with Crippen molar-refractivity contribution in [2.45, 2.75) is 6.92 Å². The third-order valence-corrected chi connectivity index (χ3v) is 5.41. The van der Waals surface area contributed by atoms with Crippen molar-refractivity contribution < 1.29 is 14.0 Å². The van der Waals surface area contributed by atoms with E-state index < -0.39 is 0 Å². The van der Waals surface area contributed by atoms with Gasteiger partial charge in [-0.1, -0.05) is 48.0 Å². The number of carbonyl (C=O) groups is 2. The lowest BCUT2D eigenvalue weighted by atomic mass is 10.1. The average molecular weight is 447 g/mol. The molecule has 2 amide bonds. The second-order valence-corrected chi connectivity index (χ2v) is 7.85. The zero-order valence-corrected chi connectivity index (χ0v) is 18.4. The molecule has 1 N–H and O–H groups in total. The Balaban J connectivity index is 1.44. The van der Waals surface area contributed by atoms with Crippen LogP contribution in [0.4, 0.5) is 11.4 Å². The first-order valence-corrected chi connectivity index (χ1v) is 10.8. The molecular formula is C28H21N3O3. The molecule has 0 aliphatic carbocycles. The molecule has 0 fully saturated rings. The predicted molar refractivity (Wildman–Crippen MR) is 133 cm³/mol. The molecule has 0 unspecified atom stereocenters. The Kier molecular flexibility index (Phi) is 5.62. The molecule has 4 aromatic rings. The summed E-state index contributed by atoms with van der Waals surface area (Å²) >= 11 is 0. The van der Waals surface area contributed by atoms with E-state index in [0.29, 0.717) is 22.8 Å². The number of rotatable bonds is 5. The van der Waals surface area contributed by atoms with Gasteiger partial charge in [0.15, 0.2) is 0 Å². The second-order valence-electron chi connectivity index (χ2n) is 7.85. The fourth-order valence-corrected chi connectivity index (χ4v) is 3.65. The van der Waals surface area contributed by atoms with Crippen LogP contribution in [0.15, 0.2) is 112 Å². The Morgan fingerprint density at radius 2 is 1.65 bits per heavy atom. The molecule has 1 aliphatic heterocycles. The number of aliphatic imine (C=N–C) groups is 1. The van der Waals surface area contributed by atoms with E-state index in [1.807, 2.05) is 61.5 Å². The topological polar surface area (TPSA) is 74.9 Å². The molecule has 5 rings (SSSR count). The van der Waals surface area contributed by atoms with Gasteiger partial charge in [0.25, 0.3) is 11.8 Å². The Labute approximate surface area is 196 Å². The highest BCUT2D eigenvalue weighted by molar-refractivity contribution is 6.33. The number of amidine groups is 1. The second kappa shape index (κ2) is 9.03. The summed E-state index contributed by atoms with van der Waals surface area (Å²) in [5.41, 5.74) is 4.02. The molecule has 3 aromatic carbocycles.